The van der Waals surface area contributed by atoms with Crippen LogP contribution >= 0.6 is 39.9 Å². The minimum absolute atomic E-state index is 0. The quantitative estimate of drug-likeness (QED) is 0.247. The van der Waals surface area contributed by atoms with Crippen molar-refractivity contribution in [3.8, 4) is 5.75 Å². The minimum Gasteiger partial charge on any atom is -0.492 e. The number of nitrogens with one attached hydrogen (secondary N) is 1. The van der Waals surface area contributed by atoms with Gasteiger partial charge in [-0.15, -0.1) is 24.0 Å². The Bertz CT molecular complexity index is 793. The standard InChI is InChI=1S/C20H25BrN4O3.HI/c1-2-22-20(23-8-14-27-17-6-3-5-16(21)15-17)25-11-9-24(10-12-25)19(26)18-7-4-13-28-18;/h3-7,13,15H,2,8-12,14H2,1H3,(H,22,23);1H. The summed E-state index contributed by atoms with van der Waals surface area (Å²) in [7, 11) is 0. The second-order valence-electron chi connectivity index (χ2n) is 6.30. The van der Waals surface area contributed by atoms with E-state index in [1.165, 1.54) is 6.26 Å². The smallest absolute Gasteiger partial charge is 0.289 e. The molecule has 29 heavy (non-hydrogen) atoms. The lowest BCUT2D eigenvalue weighted by molar-refractivity contribution is 0.0657. The van der Waals surface area contributed by atoms with Crippen LogP contribution in [0.3, 0.4) is 0 Å². The van der Waals surface area contributed by atoms with E-state index in [9.17, 15) is 4.79 Å². The first-order valence-corrected chi connectivity index (χ1v) is 10.2. The summed E-state index contributed by atoms with van der Waals surface area (Å²) in [5.74, 6) is 2.00. The van der Waals surface area contributed by atoms with Crippen molar-refractivity contribution in [2.75, 3.05) is 45.9 Å². The number of hydrogen-bond acceptors (Lipinski definition) is 4. The van der Waals surface area contributed by atoms with Crippen molar-refractivity contribution in [1.29, 1.82) is 0 Å². The maximum atomic E-state index is 12.4. The summed E-state index contributed by atoms with van der Waals surface area (Å²) in [4.78, 5) is 21.0. The molecule has 0 aliphatic carbocycles. The Morgan fingerprint density at radius 2 is 1.97 bits per heavy atom. The number of hydrogen-bond donors (Lipinski definition) is 1. The van der Waals surface area contributed by atoms with Gasteiger partial charge in [0.25, 0.3) is 5.91 Å². The molecule has 0 bridgehead atoms. The van der Waals surface area contributed by atoms with Crippen molar-refractivity contribution >= 4 is 51.8 Å². The third-order valence-electron chi connectivity index (χ3n) is 4.35. The van der Waals surface area contributed by atoms with Crippen LogP contribution in [0.5, 0.6) is 5.75 Å². The zero-order valence-corrected chi connectivity index (χ0v) is 20.3. The Hall–Kier alpha value is -1.75. The summed E-state index contributed by atoms with van der Waals surface area (Å²) >= 11 is 3.44. The van der Waals surface area contributed by atoms with Gasteiger partial charge in [0.2, 0.25) is 0 Å². The summed E-state index contributed by atoms with van der Waals surface area (Å²) in [5.41, 5.74) is 0. The third kappa shape index (κ3) is 6.91. The number of amides is 1. The molecule has 1 N–H and O–H groups in total. The van der Waals surface area contributed by atoms with Crippen LogP contribution < -0.4 is 10.1 Å². The maximum absolute atomic E-state index is 12.4. The fourth-order valence-corrected chi connectivity index (χ4v) is 3.35. The fraction of sp³-hybridized carbons (Fsp3) is 0.400. The van der Waals surface area contributed by atoms with E-state index in [1.807, 2.05) is 36.1 Å². The number of nitrogens with zero attached hydrogens (tertiary/aromatic N) is 3. The van der Waals surface area contributed by atoms with E-state index in [4.69, 9.17) is 9.15 Å². The van der Waals surface area contributed by atoms with Crippen LogP contribution in [-0.4, -0.2) is 67.5 Å². The lowest BCUT2D eigenvalue weighted by atomic mass is 10.3. The monoisotopic (exact) mass is 576 g/mol. The van der Waals surface area contributed by atoms with E-state index in [2.05, 4.69) is 31.1 Å². The first kappa shape index (κ1) is 23.5. The highest BCUT2D eigenvalue weighted by Crippen LogP contribution is 2.17. The van der Waals surface area contributed by atoms with E-state index in [1.54, 1.807) is 12.1 Å². The van der Waals surface area contributed by atoms with E-state index in [-0.39, 0.29) is 29.9 Å². The molecule has 0 unspecified atom stereocenters. The average Bonchev–Trinajstić information content (AvgIpc) is 3.25. The van der Waals surface area contributed by atoms with Gasteiger partial charge in [0.1, 0.15) is 12.4 Å². The molecule has 1 aliphatic heterocycles. The van der Waals surface area contributed by atoms with Gasteiger partial charge in [-0.25, -0.2) is 4.99 Å². The van der Waals surface area contributed by atoms with Gasteiger partial charge in [-0.1, -0.05) is 22.0 Å². The van der Waals surface area contributed by atoms with E-state index in [0.717, 1.165) is 35.8 Å². The second kappa shape index (κ2) is 12.1. The Morgan fingerprint density at radius 1 is 1.21 bits per heavy atom. The third-order valence-corrected chi connectivity index (χ3v) is 4.84. The molecule has 7 nitrogen and oxygen atoms in total. The SMILES string of the molecule is CCNC(=NCCOc1cccc(Br)c1)N1CCN(C(=O)c2ccco2)CC1.I. The van der Waals surface area contributed by atoms with E-state index >= 15 is 0 Å². The molecule has 2 heterocycles. The zero-order valence-electron chi connectivity index (χ0n) is 16.3. The topological polar surface area (TPSA) is 70.3 Å². The van der Waals surface area contributed by atoms with E-state index in [0.29, 0.717) is 32.0 Å². The number of carbonyl (C=O) groups excluding carboxylic acids is 1. The highest BCUT2D eigenvalue weighted by Gasteiger charge is 2.25. The van der Waals surface area contributed by atoms with Crippen LogP contribution in [-0.2, 0) is 0 Å². The highest BCUT2D eigenvalue weighted by atomic mass is 127. The number of carbonyl (C=O) groups is 1. The van der Waals surface area contributed by atoms with E-state index < -0.39 is 0 Å². The molecule has 1 aromatic carbocycles. The molecular formula is C20H26BrIN4O3. The molecule has 3 rings (SSSR count). The van der Waals surface area contributed by atoms with Crippen molar-refractivity contribution in [2.45, 2.75) is 6.92 Å². The molecule has 2 aromatic rings. The van der Waals surface area contributed by atoms with Gasteiger partial charge in [0.05, 0.1) is 12.8 Å². The number of halogens is 2. The van der Waals surface area contributed by atoms with Crippen molar-refractivity contribution in [3.63, 3.8) is 0 Å². The van der Waals surface area contributed by atoms with Crippen LogP contribution in [0.25, 0.3) is 0 Å². The normalized spacial score (nSPS) is 14.3. The summed E-state index contributed by atoms with van der Waals surface area (Å²) in [6.07, 6.45) is 1.52. The molecule has 1 amide bonds. The highest BCUT2D eigenvalue weighted by molar-refractivity contribution is 14.0. The van der Waals surface area contributed by atoms with Gasteiger partial charge in [-0.05, 0) is 37.3 Å². The Labute approximate surface area is 196 Å². The molecule has 9 heteroatoms. The average molecular weight is 577 g/mol. The van der Waals surface area contributed by atoms with Crippen molar-refractivity contribution < 1.29 is 13.9 Å². The maximum Gasteiger partial charge on any atom is 0.289 e. The predicted octanol–water partition coefficient (Wildman–Crippen LogP) is 3.46. The van der Waals surface area contributed by atoms with Crippen LogP contribution in [0.4, 0.5) is 0 Å². The predicted molar refractivity (Wildman–Crippen MR) is 127 cm³/mol. The Balaban J connectivity index is 0.00000300. The Morgan fingerprint density at radius 3 is 2.62 bits per heavy atom. The molecule has 1 aromatic heterocycles. The summed E-state index contributed by atoms with van der Waals surface area (Å²) in [6, 6.07) is 11.2. The molecular weight excluding hydrogens is 551 g/mol. The van der Waals surface area contributed by atoms with Crippen molar-refractivity contribution in [2.24, 2.45) is 4.99 Å². The van der Waals surface area contributed by atoms with Crippen LogP contribution in [0.2, 0.25) is 0 Å². The lowest BCUT2D eigenvalue weighted by Gasteiger charge is -2.36. The number of aliphatic imine (C=N–C) groups is 1. The first-order valence-electron chi connectivity index (χ1n) is 9.42. The summed E-state index contributed by atoms with van der Waals surface area (Å²) in [6.45, 7) is 6.62. The number of benzene rings is 1. The van der Waals surface area contributed by atoms with Gasteiger partial charge in [0, 0.05) is 37.2 Å². The van der Waals surface area contributed by atoms with Crippen molar-refractivity contribution in [1.82, 2.24) is 15.1 Å². The number of furan rings is 1. The number of guanidine groups is 1. The van der Waals surface area contributed by atoms with Gasteiger partial charge < -0.3 is 24.3 Å². The zero-order chi connectivity index (χ0) is 19.8. The largest absolute Gasteiger partial charge is 0.492 e. The van der Waals surface area contributed by atoms with Gasteiger partial charge in [-0.2, -0.15) is 0 Å². The molecule has 1 saturated heterocycles. The molecule has 1 fully saturated rings. The number of rotatable bonds is 6. The van der Waals surface area contributed by atoms with Gasteiger partial charge >= 0.3 is 0 Å². The van der Waals surface area contributed by atoms with Gasteiger partial charge in [-0.3, -0.25) is 4.79 Å². The van der Waals surface area contributed by atoms with Crippen LogP contribution in [0.1, 0.15) is 17.5 Å². The first-order chi connectivity index (χ1) is 13.7. The molecule has 158 valence electrons. The molecule has 0 radical (unpaired) electrons. The second-order valence-corrected chi connectivity index (χ2v) is 7.21. The number of piperazine rings is 1. The summed E-state index contributed by atoms with van der Waals surface area (Å²) in [5, 5.41) is 3.32. The molecule has 0 atom stereocenters. The van der Waals surface area contributed by atoms with Crippen molar-refractivity contribution in [3.05, 3.63) is 52.9 Å². The number of ether oxygens (including phenoxy) is 1. The molecule has 0 saturated carbocycles. The van der Waals surface area contributed by atoms with Crippen LogP contribution in [0.15, 0.2) is 56.5 Å². The molecule has 1 aliphatic rings. The fourth-order valence-electron chi connectivity index (χ4n) is 2.98. The minimum atomic E-state index is -0.0611. The summed E-state index contributed by atoms with van der Waals surface area (Å²) < 4.78 is 11.9. The molecule has 0 spiro atoms. The lowest BCUT2D eigenvalue weighted by Crippen LogP contribution is -2.53. The van der Waals surface area contributed by atoms with Gasteiger partial charge in [0.15, 0.2) is 11.7 Å². The van der Waals surface area contributed by atoms with Crippen LogP contribution in [0, 0.1) is 0 Å². The Kier molecular flexibility index (Phi) is 9.79.